The number of nitrogen functional groups attached to an aromatic ring is 1. The molecule has 3 nitrogen and oxygen atoms in total. The molecule has 0 aliphatic heterocycles. The van der Waals surface area contributed by atoms with Crippen LogP contribution in [-0.4, -0.2) is 11.0 Å². The molecular weight excluding hydrogens is 242 g/mol. The van der Waals surface area contributed by atoms with Crippen molar-refractivity contribution in [3.05, 3.63) is 16.7 Å². The molecule has 4 heteroatoms. The third-order valence-corrected chi connectivity index (χ3v) is 3.16. The van der Waals surface area contributed by atoms with Crippen molar-refractivity contribution in [3.8, 4) is 0 Å². The maximum absolute atomic E-state index is 5.62. The fourth-order valence-corrected chi connectivity index (χ4v) is 2.30. The summed E-state index contributed by atoms with van der Waals surface area (Å²) >= 11 is 3.45. The summed E-state index contributed by atoms with van der Waals surface area (Å²) in [5.74, 6) is 0.908. The highest BCUT2D eigenvalue weighted by Gasteiger charge is 2.15. The SMILES string of the molecule is Nc1cnc(NC2CCCC2)c(Br)c1. The lowest BCUT2D eigenvalue weighted by atomic mass is 10.2. The van der Waals surface area contributed by atoms with Crippen LogP contribution >= 0.6 is 15.9 Å². The smallest absolute Gasteiger partial charge is 0.140 e. The van der Waals surface area contributed by atoms with Crippen molar-refractivity contribution in [2.24, 2.45) is 0 Å². The van der Waals surface area contributed by atoms with E-state index in [-0.39, 0.29) is 0 Å². The van der Waals surface area contributed by atoms with Crippen LogP contribution in [0.1, 0.15) is 25.7 Å². The van der Waals surface area contributed by atoms with Crippen LogP contribution in [0.5, 0.6) is 0 Å². The second-order valence-corrected chi connectivity index (χ2v) is 4.58. The molecule has 1 aromatic rings. The van der Waals surface area contributed by atoms with Crippen LogP contribution in [0.2, 0.25) is 0 Å². The maximum Gasteiger partial charge on any atom is 0.140 e. The summed E-state index contributed by atoms with van der Waals surface area (Å²) in [6.45, 7) is 0. The molecule has 1 aliphatic rings. The van der Waals surface area contributed by atoms with Gasteiger partial charge in [-0.3, -0.25) is 0 Å². The normalized spacial score (nSPS) is 17.2. The van der Waals surface area contributed by atoms with E-state index in [0.29, 0.717) is 11.7 Å². The first-order valence-electron chi connectivity index (χ1n) is 4.93. The van der Waals surface area contributed by atoms with Crippen LogP contribution < -0.4 is 11.1 Å². The van der Waals surface area contributed by atoms with Gasteiger partial charge in [0, 0.05) is 6.04 Å². The minimum atomic E-state index is 0.586. The van der Waals surface area contributed by atoms with Gasteiger partial charge < -0.3 is 11.1 Å². The van der Waals surface area contributed by atoms with Gasteiger partial charge in [0.25, 0.3) is 0 Å². The molecule has 14 heavy (non-hydrogen) atoms. The summed E-state index contributed by atoms with van der Waals surface area (Å²) in [7, 11) is 0. The van der Waals surface area contributed by atoms with Gasteiger partial charge in [-0.05, 0) is 34.8 Å². The fraction of sp³-hybridized carbons (Fsp3) is 0.500. The predicted molar refractivity (Wildman–Crippen MR) is 62.2 cm³/mol. The largest absolute Gasteiger partial charge is 0.397 e. The van der Waals surface area contributed by atoms with Crippen molar-refractivity contribution < 1.29 is 0 Å². The summed E-state index contributed by atoms with van der Waals surface area (Å²) in [6.07, 6.45) is 6.83. The molecule has 1 aliphatic carbocycles. The Kier molecular flexibility index (Phi) is 2.91. The first-order valence-corrected chi connectivity index (χ1v) is 5.72. The van der Waals surface area contributed by atoms with Gasteiger partial charge in [0.05, 0.1) is 16.4 Å². The molecule has 0 unspecified atom stereocenters. The van der Waals surface area contributed by atoms with Gasteiger partial charge in [-0.15, -0.1) is 0 Å². The molecule has 76 valence electrons. The van der Waals surface area contributed by atoms with Gasteiger partial charge in [-0.1, -0.05) is 12.8 Å². The quantitative estimate of drug-likeness (QED) is 0.855. The molecule has 1 heterocycles. The number of nitrogens with one attached hydrogen (secondary N) is 1. The molecule has 1 saturated carbocycles. The number of hydrogen-bond acceptors (Lipinski definition) is 3. The third kappa shape index (κ3) is 2.18. The Hall–Kier alpha value is -0.770. The number of pyridine rings is 1. The molecule has 3 N–H and O–H groups in total. The van der Waals surface area contributed by atoms with Crippen molar-refractivity contribution in [3.63, 3.8) is 0 Å². The Bertz CT molecular complexity index is 321. The van der Waals surface area contributed by atoms with Crippen LogP contribution in [0, 0.1) is 0 Å². The zero-order chi connectivity index (χ0) is 9.97. The van der Waals surface area contributed by atoms with Crippen molar-refractivity contribution in [1.82, 2.24) is 4.98 Å². The highest BCUT2D eigenvalue weighted by Crippen LogP contribution is 2.26. The fourth-order valence-electron chi connectivity index (χ4n) is 1.82. The van der Waals surface area contributed by atoms with Crippen molar-refractivity contribution in [2.75, 3.05) is 11.1 Å². The second-order valence-electron chi connectivity index (χ2n) is 3.72. The highest BCUT2D eigenvalue weighted by molar-refractivity contribution is 9.10. The van der Waals surface area contributed by atoms with Gasteiger partial charge in [-0.25, -0.2) is 4.98 Å². The maximum atomic E-state index is 5.62. The van der Waals surface area contributed by atoms with E-state index in [4.69, 9.17) is 5.73 Å². The molecule has 0 radical (unpaired) electrons. The Balaban J connectivity index is 2.08. The van der Waals surface area contributed by atoms with Crippen molar-refractivity contribution in [2.45, 2.75) is 31.7 Å². The van der Waals surface area contributed by atoms with E-state index in [1.54, 1.807) is 6.20 Å². The number of nitrogens with zero attached hydrogens (tertiary/aromatic N) is 1. The molecule has 1 aromatic heterocycles. The van der Waals surface area contributed by atoms with Gasteiger partial charge in [0.2, 0.25) is 0 Å². The van der Waals surface area contributed by atoms with Crippen molar-refractivity contribution >= 4 is 27.4 Å². The van der Waals surface area contributed by atoms with Crippen LogP contribution in [0.3, 0.4) is 0 Å². The summed E-state index contributed by atoms with van der Waals surface area (Å²) in [5, 5.41) is 3.42. The Labute approximate surface area is 92.2 Å². The van der Waals surface area contributed by atoms with Gasteiger partial charge in [0.15, 0.2) is 0 Å². The molecular formula is C10H14BrN3. The molecule has 0 saturated heterocycles. The Morgan fingerprint density at radius 1 is 1.43 bits per heavy atom. The first kappa shape index (κ1) is 9.77. The molecule has 0 amide bonds. The lowest BCUT2D eigenvalue weighted by molar-refractivity contribution is 0.750. The van der Waals surface area contributed by atoms with Crippen LogP contribution in [0.25, 0.3) is 0 Å². The molecule has 2 rings (SSSR count). The molecule has 0 spiro atoms. The summed E-state index contributed by atoms with van der Waals surface area (Å²) in [6, 6.07) is 2.46. The highest BCUT2D eigenvalue weighted by atomic mass is 79.9. The van der Waals surface area contributed by atoms with Crippen LogP contribution in [-0.2, 0) is 0 Å². The second kappa shape index (κ2) is 4.17. The molecule has 0 atom stereocenters. The summed E-state index contributed by atoms with van der Waals surface area (Å²) in [5.41, 5.74) is 6.30. The van der Waals surface area contributed by atoms with E-state index >= 15 is 0 Å². The zero-order valence-electron chi connectivity index (χ0n) is 7.96. The van der Waals surface area contributed by atoms with Crippen LogP contribution in [0.4, 0.5) is 11.5 Å². The summed E-state index contributed by atoms with van der Waals surface area (Å²) in [4.78, 5) is 4.26. The average Bonchev–Trinajstić information content (AvgIpc) is 2.62. The number of anilines is 2. The average molecular weight is 256 g/mol. The van der Waals surface area contributed by atoms with E-state index < -0.39 is 0 Å². The standard InChI is InChI=1S/C10H14BrN3/c11-9-5-7(12)6-13-10(9)14-8-3-1-2-4-8/h5-6,8H,1-4,12H2,(H,13,14). The first-order chi connectivity index (χ1) is 6.75. The number of hydrogen-bond donors (Lipinski definition) is 2. The topological polar surface area (TPSA) is 50.9 Å². The Morgan fingerprint density at radius 2 is 2.14 bits per heavy atom. The lowest BCUT2D eigenvalue weighted by Gasteiger charge is -2.13. The van der Waals surface area contributed by atoms with E-state index in [1.165, 1.54) is 25.7 Å². The van der Waals surface area contributed by atoms with Gasteiger partial charge >= 0.3 is 0 Å². The van der Waals surface area contributed by atoms with E-state index in [2.05, 4.69) is 26.2 Å². The Morgan fingerprint density at radius 3 is 2.79 bits per heavy atom. The van der Waals surface area contributed by atoms with Crippen molar-refractivity contribution in [1.29, 1.82) is 0 Å². The van der Waals surface area contributed by atoms with E-state index in [1.807, 2.05) is 6.07 Å². The van der Waals surface area contributed by atoms with Crippen LogP contribution in [0.15, 0.2) is 16.7 Å². The summed E-state index contributed by atoms with van der Waals surface area (Å²) < 4.78 is 0.949. The molecule has 1 fully saturated rings. The third-order valence-electron chi connectivity index (χ3n) is 2.56. The molecule has 0 bridgehead atoms. The van der Waals surface area contributed by atoms with Gasteiger partial charge in [-0.2, -0.15) is 0 Å². The van der Waals surface area contributed by atoms with E-state index in [9.17, 15) is 0 Å². The number of rotatable bonds is 2. The number of aromatic nitrogens is 1. The monoisotopic (exact) mass is 255 g/mol. The molecule has 0 aromatic carbocycles. The number of halogens is 1. The number of nitrogens with two attached hydrogens (primary N) is 1. The minimum Gasteiger partial charge on any atom is -0.397 e. The predicted octanol–water partition coefficient (Wildman–Crippen LogP) is 2.78. The van der Waals surface area contributed by atoms with E-state index in [0.717, 1.165) is 10.3 Å². The minimum absolute atomic E-state index is 0.586. The van der Waals surface area contributed by atoms with Gasteiger partial charge in [0.1, 0.15) is 5.82 Å². The zero-order valence-corrected chi connectivity index (χ0v) is 9.55. The lowest BCUT2D eigenvalue weighted by Crippen LogP contribution is -2.15.